The fourth-order valence-electron chi connectivity index (χ4n) is 5.64. The van der Waals surface area contributed by atoms with Gasteiger partial charge in [0.1, 0.15) is 6.10 Å². The number of allylic oxidation sites excluding steroid dienone is 8. The molecule has 0 saturated carbocycles. The standard InChI is InChI=1S/C42H77NO2/c1-5-8-10-12-14-16-18-20-22-24-26-28-30-32-34-36-38-41(45-42(44)43(4)40-7-3)39-37-35-33-31-29-27-25-23-21-19-17-15-13-11-9-6-2/h14-17,20-23,41H,5-13,18-19,24-40H2,1-4H3. The van der Waals surface area contributed by atoms with Gasteiger partial charge in [-0.3, -0.25) is 0 Å². The first kappa shape index (κ1) is 43.2. The lowest BCUT2D eigenvalue weighted by Crippen LogP contribution is -2.31. The third-order valence-electron chi connectivity index (χ3n) is 8.59. The normalized spacial score (nSPS) is 12.8. The zero-order valence-corrected chi connectivity index (χ0v) is 30.8. The summed E-state index contributed by atoms with van der Waals surface area (Å²) in [5, 5.41) is 0. The summed E-state index contributed by atoms with van der Waals surface area (Å²) < 4.78 is 5.98. The Hall–Kier alpha value is -1.77. The van der Waals surface area contributed by atoms with Gasteiger partial charge in [0.25, 0.3) is 0 Å². The van der Waals surface area contributed by atoms with Gasteiger partial charge in [-0.1, -0.05) is 146 Å². The van der Waals surface area contributed by atoms with Gasteiger partial charge in [0, 0.05) is 13.6 Å². The molecule has 3 heteroatoms. The van der Waals surface area contributed by atoms with Crippen LogP contribution in [0.15, 0.2) is 48.6 Å². The van der Waals surface area contributed by atoms with Gasteiger partial charge in [-0.25, -0.2) is 4.79 Å². The molecular weight excluding hydrogens is 550 g/mol. The highest BCUT2D eigenvalue weighted by Crippen LogP contribution is 2.18. The first-order chi connectivity index (χ1) is 22.2. The number of carbonyl (C=O) groups is 1. The molecule has 0 aliphatic heterocycles. The smallest absolute Gasteiger partial charge is 0.409 e. The zero-order chi connectivity index (χ0) is 32.9. The molecule has 0 aromatic rings. The minimum absolute atomic E-state index is 0.0773. The molecule has 0 N–H and O–H groups in total. The maximum absolute atomic E-state index is 12.6. The van der Waals surface area contributed by atoms with Crippen molar-refractivity contribution in [1.29, 1.82) is 0 Å². The molecule has 0 rings (SSSR count). The van der Waals surface area contributed by atoms with Gasteiger partial charge >= 0.3 is 6.09 Å². The van der Waals surface area contributed by atoms with Crippen LogP contribution in [-0.2, 0) is 4.74 Å². The van der Waals surface area contributed by atoms with Crippen LogP contribution in [-0.4, -0.2) is 30.7 Å². The molecule has 45 heavy (non-hydrogen) atoms. The fraction of sp³-hybridized carbons (Fsp3) is 0.786. The number of unbranched alkanes of at least 4 members (excludes halogenated alkanes) is 18. The zero-order valence-electron chi connectivity index (χ0n) is 30.8. The molecule has 1 amide bonds. The van der Waals surface area contributed by atoms with Crippen molar-refractivity contribution < 1.29 is 9.53 Å². The number of rotatable bonds is 33. The predicted octanol–water partition coefficient (Wildman–Crippen LogP) is 14.2. The molecular formula is C42H77NO2. The molecule has 0 aliphatic carbocycles. The van der Waals surface area contributed by atoms with Crippen molar-refractivity contribution in [2.24, 2.45) is 0 Å². The second-order valence-corrected chi connectivity index (χ2v) is 13.2. The third-order valence-corrected chi connectivity index (χ3v) is 8.59. The van der Waals surface area contributed by atoms with Gasteiger partial charge in [0.15, 0.2) is 0 Å². The Morgan fingerprint density at radius 1 is 0.489 bits per heavy atom. The minimum atomic E-state index is -0.137. The summed E-state index contributed by atoms with van der Waals surface area (Å²) in [7, 11) is 1.87. The summed E-state index contributed by atoms with van der Waals surface area (Å²) in [5.41, 5.74) is 0. The molecule has 0 atom stereocenters. The molecule has 0 aromatic carbocycles. The van der Waals surface area contributed by atoms with E-state index in [1.807, 2.05) is 7.05 Å². The molecule has 0 spiro atoms. The van der Waals surface area contributed by atoms with E-state index in [4.69, 9.17) is 4.74 Å². The van der Waals surface area contributed by atoms with Crippen molar-refractivity contribution in [3.8, 4) is 0 Å². The highest BCUT2D eigenvalue weighted by Gasteiger charge is 2.17. The predicted molar refractivity (Wildman–Crippen MR) is 201 cm³/mol. The molecule has 0 bridgehead atoms. The van der Waals surface area contributed by atoms with E-state index in [0.29, 0.717) is 0 Å². The van der Waals surface area contributed by atoms with E-state index < -0.39 is 0 Å². The second-order valence-electron chi connectivity index (χ2n) is 13.2. The van der Waals surface area contributed by atoms with Crippen molar-refractivity contribution in [3.63, 3.8) is 0 Å². The number of amides is 1. The van der Waals surface area contributed by atoms with Crippen LogP contribution in [0.2, 0.25) is 0 Å². The average Bonchev–Trinajstić information content (AvgIpc) is 3.04. The van der Waals surface area contributed by atoms with Crippen molar-refractivity contribution in [1.82, 2.24) is 4.90 Å². The van der Waals surface area contributed by atoms with Crippen molar-refractivity contribution in [3.05, 3.63) is 48.6 Å². The van der Waals surface area contributed by atoms with Gasteiger partial charge in [0.2, 0.25) is 0 Å². The van der Waals surface area contributed by atoms with Crippen LogP contribution >= 0.6 is 0 Å². The highest BCUT2D eigenvalue weighted by molar-refractivity contribution is 5.67. The molecule has 0 aliphatic rings. The Bertz CT molecular complexity index is 674. The van der Waals surface area contributed by atoms with E-state index >= 15 is 0 Å². The molecule has 3 nitrogen and oxygen atoms in total. The van der Waals surface area contributed by atoms with E-state index in [9.17, 15) is 4.79 Å². The van der Waals surface area contributed by atoms with E-state index in [-0.39, 0.29) is 12.2 Å². The van der Waals surface area contributed by atoms with E-state index in [1.54, 1.807) is 4.90 Å². The monoisotopic (exact) mass is 628 g/mol. The Labute approximate surface area is 282 Å². The summed E-state index contributed by atoms with van der Waals surface area (Å²) in [6, 6.07) is 0. The summed E-state index contributed by atoms with van der Waals surface area (Å²) >= 11 is 0. The maximum atomic E-state index is 12.6. The van der Waals surface area contributed by atoms with Crippen LogP contribution in [0.3, 0.4) is 0 Å². The van der Waals surface area contributed by atoms with Gasteiger partial charge < -0.3 is 9.64 Å². The Kier molecular flexibility index (Phi) is 35.3. The van der Waals surface area contributed by atoms with Gasteiger partial charge in [-0.2, -0.15) is 0 Å². The Morgan fingerprint density at radius 3 is 1.22 bits per heavy atom. The summed E-state index contributed by atoms with van der Waals surface area (Å²) in [6.45, 7) is 7.39. The van der Waals surface area contributed by atoms with Crippen molar-refractivity contribution >= 4 is 6.09 Å². The first-order valence-corrected chi connectivity index (χ1v) is 19.7. The average molecular weight is 628 g/mol. The molecule has 0 unspecified atom stereocenters. The van der Waals surface area contributed by atoms with Crippen molar-refractivity contribution in [2.45, 2.75) is 200 Å². The molecule has 0 fully saturated rings. The number of carbonyl (C=O) groups excluding carboxylic acids is 1. The lowest BCUT2D eigenvalue weighted by molar-refractivity contribution is 0.0583. The SMILES string of the molecule is CCCCCC=CCC=CCCCCCCCCC(CCCCCCCCC=CCC=CCCCCC)OC(=O)N(C)CCC. The minimum Gasteiger partial charge on any atom is -0.446 e. The third kappa shape index (κ3) is 33.4. The second kappa shape index (κ2) is 36.7. The van der Waals surface area contributed by atoms with Crippen molar-refractivity contribution in [2.75, 3.05) is 13.6 Å². The van der Waals surface area contributed by atoms with Crippen LogP contribution in [0.4, 0.5) is 4.79 Å². The number of ether oxygens (including phenoxy) is 1. The van der Waals surface area contributed by atoms with Gasteiger partial charge in [0.05, 0.1) is 0 Å². The van der Waals surface area contributed by atoms with E-state index in [2.05, 4.69) is 69.4 Å². The van der Waals surface area contributed by atoms with E-state index in [0.717, 1.165) is 38.6 Å². The van der Waals surface area contributed by atoms with Crippen LogP contribution < -0.4 is 0 Å². The molecule has 262 valence electrons. The lowest BCUT2D eigenvalue weighted by Gasteiger charge is -2.22. The molecule has 0 heterocycles. The fourth-order valence-corrected chi connectivity index (χ4v) is 5.64. The lowest BCUT2D eigenvalue weighted by atomic mass is 10.0. The molecule has 0 saturated heterocycles. The Balaban J connectivity index is 3.99. The summed E-state index contributed by atoms with van der Waals surface area (Å²) in [4.78, 5) is 14.3. The molecule has 0 radical (unpaired) electrons. The summed E-state index contributed by atoms with van der Waals surface area (Å²) in [6.07, 6.45) is 52.0. The van der Waals surface area contributed by atoms with Crippen LogP contribution in [0, 0.1) is 0 Å². The largest absolute Gasteiger partial charge is 0.446 e. The van der Waals surface area contributed by atoms with E-state index in [1.165, 1.54) is 141 Å². The van der Waals surface area contributed by atoms with Gasteiger partial charge in [-0.05, 0) is 96.3 Å². The quantitative estimate of drug-likeness (QED) is 0.0535. The van der Waals surface area contributed by atoms with Crippen LogP contribution in [0.25, 0.3) is 0 Å². The topological polar surface area (TPSA) is 29.5 Å². The summed E-state index contributed by atoms with van der Waals surface area (Å²) in [5.74, 6) is 0. The van der Waals surface area contributed by atoms with Gasteiger partial charge in [-0.15, -0.1) is 0 Å². The maximum Gasteiger partial charge on any atom is 0.409 e. The Morgan fingerprint density at radius 2 is 0.844 bits per heavy atom. The number of hydrogen-bond acceptors (Lipinski definition) is 2. The molecule has 0 aromatic heterocycles. The number of hydrogen-bond donors (Lipinski definition) is 0. The number of nitrogens with zero attached hydrogens (tertiary/aromatic N) is 1. The van der Waals surface area contributed by atoms with Crippen LogP contribution in [0.1, 0.15) is 194 Å². The highest BCUT2D eigenvalue weighted by atomic mass is 16.6. The first-order valence-electron chi connectivity index (χ1n) is 19.7. The van der Waals surface area contributed by atoms with Crippen LogP contribution in [0.5, 0.6) is 0 Å².